The highest BCUT2D eigenvalue weighted by atomic mass is 15.3. The molecule has 2 atom stereocenters. The fourth-order valence-electron chi connectivity index (χ4n) is 4.45. The van der Waals surface area contributed by atoms with E-state index in [1.807, 2.05) is 16.8 Å². The molecular weight excluding hydrogens is 364 g/mol. The Hall–Kier alpha value is -3.44. The zero-order valence-electron chi connectivity index (χ0n) is 16.2. The number of hydrogen-bond donors (Lipinski definition) is 1. The molecule has 2 unspecified atom stereocenters. The maximum atomic E-state index is 8.80. The lowest BCUT2D eigenvalue weighted by molar-refractivity contribution is 0.312. The largest absolute Gasteiger partial charge is 0.367 e. The van der Waals surface area contributed by atoms with Gasteiger partial charge in [0, 0.05) is 36.5 Å². The number of anilines is 3. The number of rotatable bonds is 4. The van der Waals surface area contributed by atoms with Gasteiger partial charge in [0.15, 0.2) is 5.69 Å². The second-order valence-electron chi connectivity index (χ2n) is 7.59. The summed E-state index contributed by atoms with van der Waals surface area (Å²) in [6, 6.07) is 12.0. The van der Waals surface area contributed by atoms with Gasteiger partial charge in [-0.15, -0.1) is 0 Å². The van der Waals surface area contributed by atoms with Crippen LogP contribution >= 0.6 is 0 Å². The Labute approximate surface area is 169 Å². The molecule has 0 bridgehead atoms. The molecule has 4 heterocycles. The van der Waals surface area contributed by atoms with E-state index in [-0.39, 0.29) is 5.69 Å². The van der Waals surface area contributed by atoms with Crippen LogP contribution in [0.3, 0.4) is 0 Å². The van der Waals surface area contributed by atoms with Gasteiger partial charge in [0.25, 0.3) is 0 Å². The molecule has 2 saturated heterocycles. The summed E-state index contributed by atoms with van der Waals surface area (Å²) in [5.74, 6) is 1.22. The summed E-state index contributed by atoms with van der Waals surface area (Å²) in [6.07, 6.45) is 9.13. The number of nitrogens with one attached hydrogen (secondary N) is 1. The van der Waals surface area contributed by atoms with Crippen molar-refractivity contribution in [3.05, 3.63) is 54.9 Å². The van der Waals surface area contributed by atoms with E-state index in [1.165, 1.54) is 37.5 Å². The normalized spacial score (nSPS) is 21.2. The highest BCUT2D eigenvalue weighted by Crippen LogP contribution is 2.34. The van der Waals surface area contributed by atoms with Gasteiger partial charge in [-0.2, -0.15) is 5.26 Å². The third-order valence-corrected chi connectivity index (χ3v) is 5.94. The zero-order valence-corrected chi connectivity index (χ0v) is 16.2. The lowest BCUT2D eigenvalue weighted by Gasteiger charge is -2.26. The van der Waals surface area contributed by atoms with Crippen molar-refractivity contribution >= 4 is 17.3 Å². The van der Waals surface area contributed by atoms with Gasteiger partial charge in [0.05, 0.1) is 18.6 Å². The first-order chi connectivity index (χ1) is 14.2. The summed E-state index contributed by atoms with van der Waals surface area (Å²) in [4.78, 5) is 17.6. The maximum absolute atomic E-state index is 8.80. The first-order valence-corrected chi connectivity index (χ1v) is 9.82. The van der Waals surface area contributed by atoms with Crippen LogP contribution in [0.5, 0.6) is 0 Å². The summed E-state index contributed by atoms with van der Waals surface area (Å²) in [5.41, 5.74) is 2.64. The van der Waals surface area contributed by atoms with Gasteiger partial charge in [-0.05, 0) is 44.2 Å². The predicted octanol–water partition coefficient (Wildman–Crippen LogP) is 2.56. The van der Waals surface area contributed by atoms with E-state index in [2.05, 4.69) is 61.4 Å². The summed E-state index contributed by atoms with van der Waals surface area (Å²) in [7, 11) is 2.24. The van der Waals surface area contributed by atoms with Crippen molar-refractivity contribution < 1.29 is 0 Å². The molecule has 0 radical (unpaired) electrons. The van der Waals surface area contributed by atoms with E-state index in [1.54, 1.807) is 6.33 Å². The highest BCUT2D eigenvalue weighted by Gasteiger charge is 2.40. The molecule has 2 aliphatic heterocycles. The van der Waals surface area contributed by atoms with Crippen LogP contribution in [-0.4, -0.2) is 56.6 Å². The van der Waals surface area contributed by atoms with Crippen molar-refractivity contribution in [3.8, 4) is 11.8 Å². The average Bonchev–Trinajstić information content (AvgIpc) is 3.47. The number of likely N-dealkylation sites (N-methyl/N-ethyl adjacent to an activating group) is 1. The summed E-state index contributed by atoms with van der Waals surface area (Å²) < 4.78 is 1.97. The Kier molecular flexibility index (Phi) is 4.37. The molecule has 3 aromatic rings. The first kappa shape index (κ1) is 17.6. The molecular formula is C21H22N8. The monoisotopic (exact) mass is 386 g/mol. The van der Waals surface area contributed by atoms with Gasteiger partial charge in [0.1, 0.15) is 24.0 Å². The minimum Gasteiger partial charge on any atom is -0.367 e. The molecule has 146 valence electrons. The number of nitriles is 1. The lowest BCUT2D eigenvalue weighted by Crippen LogP contribution is -2.34. The van der Waals surface area contributed by atoms with Gasteiger partial charge in [-0.1, -0.05) is 0 Å². The van der Waals surface area contributed by atoms with E-state index in [0.717, 1.165) is 12.2 Å². The topological polar surface area (TPSA) is 85.9 Å². The van der Waals surface area contributed by atoms with Crippen LogP contribution in [0.4, 0.5) is 17.3 Å². The van der Waals surface area contributed by atoms with E-state index < -0.39 is 0 Å². The number of nitrogens with zero attached hydrogens (tertiary/aromatic N) is 7. The second-order valence-corrected chi connectivity index (χ2v) is 7.59. The van der Waals surface area contributed by atoms with Crippen LogP contribution in [0.1, 0.15) is 18.5 Å². The third-order valence-electron chi connectivity index (χ3n) is 5.94. The lowest BCUT2D eigenvalue weighted by atomic mass is 10.1. The molecule has 8 heteroatoms. The van der Waals surface area contributed by atoms with E-state index in [4.69, 9.17) is 5.26 Å². The minimum atomic E-state index is 0.287. The molecule has 2 aliphatic rings. The molecule has 0 spiro atoms. The number of imidazole rings is 1. The standard InChI is InChI=1S/C21H22N8/c1-27-8-6-19-18(27)7-9-29(19)17-4-2-16(3-5-17)28-13-21(25-14-28)26-20-12-23-15(10-22)11-24-20/h2-5,11-14,18-19H,6-9H2,1H3,(H,24,26). The SMILES string of the molecule is CN1CCC2C1CCN2c1ccc(-n2cnc(Nc3cnc(C#N)cn3)c2)cc1. The van der Waals surface area contributed by atoms with E-state index in [0.29, 0.717) is 23.7 Å². The fraction of sp³-hybridized carbons (Fsp3) is 0.333. The zero-order chi connectivity index (χ0) is 19.8. The molecule has 2 fully saturated rings. The third kappa shape index (κ3) is 3.30. The minimum absolute atomic E-state index is 0.287. The maximum Gasteiger partial charge on any atom is 0.158 e. The summed E-state index contributed by atoms with van der Waals surface area (Å²) in [6.45, 7) is 2.32. The molecule has 1 aromatic carbocycles. The van der Waals surface area contributed by atoms with Gasteiger partial charge in [-0.25, -0.2) is 15.0 Å². The van der Waals surface area contributed by atoms with E-state index >= 15 is 0 Å². The molecule has 2 aromatic heterocycles. The average molecular weight is 386 g/mol. The van der Waals surface area contributed by atoms with Crippen molar-refractivity contribution in [2.45, 2.75) is 24.9 Å². The van der Waals surface area contributed by atoms with E-state index in [9.17, 15) is 0 Å². The quantitative estimate of drug-likeness (QED) is 0.737. The van der Waals surface area contributed by atoms with Crippen LogP contribution in [0, 0.1) is 11.3 Å². The van der Waals surface area contributed by atoms with Crippen molar-refractivity contribution in [3.63, 3.8) is 0 Å². The second kappa shape index (κ2) is 7.18. The summed E-state index contributed by atoms with van der Waals surface area (Å²) in [5, 5.41) is 11.9. The molecule has 1 N–H and O–H groups in total. The molecule has 29 heavy (non-hydrogen) atoms. The van der Waals surface area contributed by atoms with Crippen molar-refractivity contribution in [2.75, 3.05) is 30.4 Å². The van der Waals surface area contributed by atoms with Crippen molar-refractivity contribution in [1.82, 2.24) is 24.4 Å². The Morgan fingerprint density at radius 3 is 2.52 bits per heavy atom. The molecule has 0 aliphatic carbocycles. The van der Waals surface area contributed by atoms with Crippen molar-refractivity contribution in [2.24, 2.45) is 0 Å². The number of aromatic nitrogens is 4. The predicted molar refractivity (Wildman–Crippen MR) is 110 cm³/mol. The van der Waals surface area contributed by atoms with Gasteiger partial charge in [0.2, 0.25) is 0 Å². The Morgan fingerprint density at radius 1 is 0.966 bits per heavy atom. The Morgan fingerprint density at radius 2 is 1.76 bits per heavy atom. The number of fused-ring (bicyclic) bond motifs is 1. The number of benzene rings is 1. The van der Waals surface area contributed by atoms with Crippen LogP contribution in [0.25, 0.3) is 5.69 Å². The molecule has 8 nitrogen and oxygen atoms in total. The van der Waals surface area contributed by atoms with Crippen LogP contribution in [-0.2, 0) is 0 Å². The van der Waals surface area contributed by atoms with Crippen LogP contribution < -0.4 is 10.2 Å². The van der Waals surface area contributed by atoms with Gasteiger partial charge < -0.3 is 19.7 Å². The highest BCUT2D eigenvalue weighted by molar-refractivity contribution is 5.55. The fourth-order valence-corrected chi connectivity index (χ4v) is 4.45. The first-order valence-electron chi connectivity index (χ1n) is 9.82. The van der Waals surface area contributed by atoms with Crippen LogP contribution in [0.15, 0.2) is 49.2 Å². The molecule has 0 amide bonds. The smallest absolute Gasteiger partial charge is 0.158 e. The number of hydrogen-bond acceptors (Lipinski definition) is 7. The van der Waals surface area contributed by atoms with Gasteiger partial charge >= 0.3 is 0 Å². The molecule has 0 saturated carbocycles. The summed E-state index contributed by atoms with van der Waals surface area (Å²) >= 11 is 0. The Balaban J connectivity index is 1.29. The van der Waals surface area contributed by atoms with Crippen LogP contribution in [0.2, 0.25) is 0 Å². The number of likely N-dealkylation sites (tertiary alicyclic amines) is 1. The van der Waals surface area contributed by atoms with Crippen molar-refractivity contribution in [1.29, 1.82) is 5.26 Å². The van der Waals surface area contributed by atoms with Gasteiger partial charge in [-0.3, -0.25) is 0 Å². The Bertz CT molecular complexity index is 1030. The molecule has 5 rings (SSSR count).